The van der Waals surface area contributed by atoms with Crippen molar-refractivity contribution in [3.05, 3.63) is 76.3 Å². The van der Waals surface area contributed by atoms with Gasteiger partial charge >= 0.3 is 12.3 Å². The van der Waals surface area contributed by atoms with Gasteiger partial charge in [0.15, 0.2) is 0 Å². The maximum atomic E-state index is 14.6. The number of hydrogen-bond donors (Lipinski definition) is 2. The molecule has 1 unspecified atom stereocenters. The second-order valence-corrected chi connectivity index (χ2v) is 11.8. The predicted molar refractivity (Wildman–Crippen MR) is 169 cm³/mol. The van der Waals surface area contributed by atoms with Crippen LogP contribution < -0.4 is 24.4 Å². The molecule has 2 N–H and O–H groups in total. The van der Waals surface area contributed by atoms with E-state index in [0.717, 1.165) is 18.4 Å². The summed E-state index contributed by atoms with van der Waals surface area (Å²) in [6.45, 7) is 2.11. The zero-order valence-corrected chi connectivity index (χ0v) is 26.6. The number of nitrogens with zero attached hydrogens (tertiary/aromatic N) is 2. The number of fused-ring (bicyclic) bond motifs is 2. The van der Waals surface area contributed by atoms with E-state index in [2.05, 4.69) is 15.2 Å². The number of rotatable bonds is 13. The van der Waals surface area contributed by atoms with E-state index < -0.39 is 30.0 Å². The summed E-state index contributed by atoms with van der Waals surface area (Å²) < 4.78 is 54.7. The van der Waals surface area contributed by atoms with Gasteiger partial charge in [-0.3, -0.25) is 9.59 Å². The van der Waals surface area contributed by atoms with Crippen LogP contribution in [0.4, 0.5) is 24.5 Å². The lowest BCUT2D eigenvalue weighted by atomic mass is 9.99. The van der Waals surface area contributed by atoms with Crippen LogP contribution in [0.5, 0.6) is 17.2 Å². The van der Waals surface area contributed by atoms with Crippen molar-refractivity contribution in [2.45, 2.75) is 50.4 Å². The molecular formula is C33H33ClF3N3O7. The third-order valence-electron chi connectivity index (χ3n) is 8.10. The largest absolute Gasteiger partial charge is 0.573 e. The van der Waals surface area contributed by atoms with Crippen LogP contribution in [0.15, 0.2) is 59.8 Å². The van der Waals surface area contributed by atoms with Crippen LogP contribution in [0.1, 0.15) is 55.3 Å². The standard InChI is InChI=1S/C33H33ClF3N3O7/c1-19(39-46-12-4-5-29(41)42)20-13-22(16-24(14-20)44-2)38-30(25-8-6-21(34)15-28(25)45-3)31(43)40-18-32(10-11-32)26-9-7-23(17-27(26)40)47-33(35,36)37/h6-9,13-17,30,38H,4-5,10-12,18H2,1-3H3,(H,41,42)/b39-19+. The molecule has 10 nitrogen and oxygen atoms in total. The Kier molecular flexibility index (Phi) is 9.76. The molecule has 0 radical (unpaired) electrons. The summed E-state index contributed by atoms with van der Waals surface area (Å²) in [7, 11) is 2.93. The number of ether oxygens (including phenoxy) is 3. The molecule has 3 aromatic rings. The molecule has 250 valence electrons. The lowest BCUT2D eigenvalue weighted by Crippen LogP contribution is -2.38. The van der Waals surface area contributed by atoms with Crippen LogP contribution in [0.25, 0.3) is 0 Å². The van der Waals surface area contributed by atoms with Crippen molar-refractivity contribution in [3.63, 3.8) is 0 Å². The first-order valence-electron chi connectivity index (χ1n) is 14.7. The van der Waals surface area contributed by atoms with E-state index in [0.29, 0.717) is 51.3 Å². The third-order valence-corrected chi connectivity index (χ3v) is 8.33. The van der Waals surface area contributed by atoms with E-state index >= 15 is 0 Å². The smallest absolute Gasteiger partial charge is 0.497 e. The fourth-order valence-electron chi connectivity index (χ4n) is 5.64. The Morgan fingerprint density at radius 1 is 1.06 bits per heavy atom. The lowest BCUT2D eigenvalue weighted by molar-refractivity contribution is -0.274. The molecule has 1 spiro atoms. The molecule has 1 fully saturated rings. The average Bonchev–Trinajstić information content (AvgIpc) is 3.74. The van der Waals surface area contributed by atoms with Crippen molar-refractivity contribution in [3.8, 4) is 17.2 Å². The molecule has 1 aliphatic heterocycles. The SMILES string of the molecule is COc1cc(NC(C(=O)N2CC3(CC3)c3ccc(OC(F)(F)F)cc32)c2ccc(Cl)cc2OC)cc(/C(C)=N/OCCCC(=O)O)c1. The minimum Gasteiger partial charge on any atom is -0.497 e. The lowest BCUT2D eigenvalue weighted by Gasteiger charge is -2.28. The van der Waals surface area contributed by atoms with E-state index in [-0.39, 0.29) is 24.9 Å². The average molecular weight is 676 g/mol. The number of halogens is 4. The highest BCUT2D eigenvalue weighted by Gasteiger charge is 2.54. The number of methoxy groups -OCH3 is 2. The number of hydrogen-bond acceptors (Lipinski definition) is 8. The molecule has 1 aliphatic carbocycles. The molecule has 14 heteroatoms. The van der Waals surface area contributed by atoms with Gasteiger partial charge in [0.25, 0.3) is 5.91 Å². The number of carbonyl (C=O) groups is 2. The highest BCUT2D eigenvalue weighted by atomic mass is 35.5. The zero-order chi connectivity index (χ0) is 33.9. The Hall–Kier alpha value is -4.65. The van der Waals surface area contributed by atoms with Crippen molar-refractivity contribution in [1.82, 2.24) is 0 Å². The topological polar surface area (TPSA) is 119 Å². The van der Waals surface area contributed by atoms with Crippen LogP contribution >= 0.6 is 11.6 Å². The van der Waals surface area contributed by atoms with Crippen molar-refractivity contribution < 1.29 is 46.9 Å². The van der Waals surface area contributed by atoms with Crippen molar-refractivity contribution in [2.24, 2.45) is 5.16 Å². The number of carbonyl (C=O) groups excluding carboxylic acids is 1. The first-order valence-corrected chi connectivity index (χ1v) is 15.1. The van der Waals surface area contributed by atoms with Gasteiger partial charge in [0.2, 0.25) is 0 Å². The van der Waals surface area contributed by atoms with Crippen LogP contribution in [0, 0.1) is 0 Å². The minimum absolute atomic E-state index is 0.0509. The van der Waals surface area contributed by atoms with Crippen molar-refractivity contribution in [2.75, 3.05) is 37.6 Å². The van der Waals surface area contributed by atoms with Crippen molar-refractivity contribution in [1.29, 1.82) is 0 Å². The molecule has 1 amide bonds. The van der Waals surface area contributed by atoms with Crippen LogP contribution in [-0.2, 0) is 19.8 Å². The van der Waals surface area contributed by atoms with E-state index in [4.69, 9.17) is 31.0 Å². The Balaban J connectivity index is 1.51. The van der Waals surface area contributed by atoms with E-state index in [1.807, 2.05) is 0 Å². The van der Waals surface area contributed by atoms with Gasteiger partial charge in [0, 0.05) is 52.4 Å². The molecule has 1 saturated carbocycles. The number of amides is 1. The molecule has 3 aromatic carbocycles. The van der Waals surface area contributed by atoms with Crippen LogP contribution in [0.2, 0.25) is 5.02 Å². The van der Waals surface area contributed by atoms with Crippen LogP contribution in [0.3, 0.4) is 0 Å². The zero-order valence-electron chi connectivity index (χ0n) is 25.8. The highest BCUT2D eigenvalue weighted by molar-refractivity contribution is 6.30. The van der Waals surface area contributed by atoms with Crippen LogP contribution in [-0.4, -0.2) is 56.4 Å². The summed E-state index contributed by atoms with van der Waals surface area (Å²) in [5, 5.41) is 16.6. The second kappa shape index (κ2) is 13.6. The summed E-state index contributed by atoms with van der Waals surface area (Å²) in [4.78, 5) is 32.2. The molecule has 0 saturated heterocycles. The van der Waals surface area contributed by atoms with Gasteiger partial charge < -0.3 is 34.4 Å². The third kappa shape index (κ3) is 7.84. The molecule has 5 rings (SSSR count). The van der Waals surface area contributed by atoms with Gasteiger partial charge in [-0.1, -0.05) is 28.9 Å². The maximum Gasteiger partial charge on any atom is 0.573 e. The highest BCUT2D eigenvalue weighted by Crippen LogP contribution is 2.57. The first kappa shape index (κ1) is 33.7. The number of nitrogens with one attached hydrogen (secondary N) is 1. The molecule has 47 heavy (non-hydrogen) atoms. The number of carboxylic acids is 1. The van der Waals surface area contributed by atoms with Gasteiger partial charge in [-0.05, 0) is 62.1 Å². The normalized spacial score (nSPS) is 15.6. The Labute approximate surface area is 274 Å². The summed E-state index contributed by atoms with van der Waals surface area (Å²) in [5.74, 6) is -1.01. The van der Waals surface area contributed by atoms with Gasteiger partial charge in [-0.15, -0.1) is 13.2 Å². The minimum atomic E-state index is -4.89. The van der Waals surface area contributed by atoms with E-state index in [9.17, 15) is 22.8 Å². The second-order valence-electron chi connectivity index (χ2n) is 11.4. The van der Waals surface area contributed by atoms with Gasteiger partial charge in [0.1, 0.15) is 29.9 Å². The molecule has 1 heterocycles. The molecule has 0 aromatic heterocycles. The molecule has 0 bridgehead atoms. The van der Waals surface area contributed by atoms with Crippen molar-refractivity contribution >= 4 is 40.6 Å². The van der Waals surface area contributed by atoms with Gasteiger partial charge in [-0.2, -0.15) is 0 Å². The number of alkyl halides is 3. The summed E-state index contributed by atoms with van der Waals surface area (Å²) in [5.41, 5.74) is 2.78. The fourth-order valence-corrected chi connectivity index (χ4v) is 5.80. The quantitative estimate of drug-likeness (QED) is 0.112. The molecular weight excluding hydrogens is 643 g/mol. The Morgan fingerprint density at radius 3 is 2.49 bits per heavy atom. The maximum absolute atomic E-state index is 14.6. The summed E-state index contributed by atoms with van der Waals surface area (Å²) in [6, 6.07) is 13.0. The first-order chi connectivity index (χ1) is 22.3. The summed E-state index contributed by atoms with van der Waals surface area (Å²) >= 11 is 6.25. The van der Waals surface area contributed by atoms with E-state index in [1.54, 1.807) is 49.4 Å². The Bertz CT molecular complexity index is 1690. The molecule has 1 atom stereocenters. The number of oxime groups is 1. The van der Waals surface area contributed by atoms with E-state index in [1.165, 1.54) is 31.3 Å². The number of benzene rings is 3. The molecule has 2 aliphatic rings. The van der Waals surface area contributed by atoms with Gasteiger partial charge in [-0.25, -0.2) is 0 Å². The van der Waals surface area contributed by atoms with Gasteiger partial charge in [0.05, 0.1) is 25.6 Å². The number of anilines is 2. The summed E-state index contributed by atoms with van der Waals surface area (Å²) in [6.07, 6.45) is -3.07. The number of aliphatic carboxylic acids is 1. The fraction of sp³-hybridized carbons (Fsp3) is 0.364. The number of carboxylic acid groups (broad SMARTS) is 1. The monoisotopic (exact) mass is 675 g/mol. The Morgan fingerprint density at radius 2 is 1.83 bits per heavy atom. The predicted octanol–water partition coefficient (Wildman–Crippen LogP) is 7.09.